The number of rotatable bonds is 2. The van der Waals surface area contributed by atoms with Gasteiger partial charge in [0.15, 0.2) is 0 Å². The van der Waals surface area contributed by atoms with Crippen molar-refractivity contribution in [2.24, 2.45) is 5.92 Å². The number of allylic oxidation sites excluding steroid dienone is 4. The minimum Gasteiger partial charge on any atom is -0.456 e. The maximum atomic E-state index is 6.67. The first-order valence-electron chi connectivity index (χ1n) is 16.7. The number of furan rings is 2. The quantitative estimate of drug-likeness (QED) is 0.194. The van der Waals surface area contributed by atoms with Crippen LogP contribution in [-0.4, -0.2) is 0 Å². The van der Waals surface area contributed by atoms with Gasteiger partial charge >= 0.3 is 0 Å². The molecule has 2 aliphatic rings. The molecule has 2 heterocycles. The van der Waals surface area contributed by atoms with Gasteiger partial charge in [0, 0.05) is 22.1 Å². The van der Waals surface area contributed by atoms with E-state index in [9.17, 15) is 0 Å². The SMILES string of the molecule is C1=CCC2C(=C1)C(c1ccc3ccccc3c1)=c1ccccc1=C2c1ccc2oc3ccc4c(oc5ccc6ccccc6c54)c3c2c1. The predicted molar refractivity (Wildman–Crippen MR) is 198 cm³/mol. The highest BCUT2D eigenvalue weighted by molar-refractivity contribution is 6.26. The highest BCUT2D eigenvalue weighted by Gasteiger charge is 2.30. The van der Waals surface area contributed by atoms with Crippen LogP contribution in [0.15, 0.2) is 166 Å². The molecule has 0 spiro atoms. The molecule has 2 heteroatoms. The van der Waals surface area contributed by atoms with Gasteiger partial charge in [-0.25, -0.2) is 0 Å². The fourth-order valence-corrected chi connectivity index (χ4v) is 8.50. The van der Waals surface area contributed by atoms with Crippen LogP contribution in [0.5, 0.6) is 0 Å². The Morgan fingerprint density at radius 2 is 1.23 bits per heavy atom. The maximum absolute atomic E-state index is 6.67. The van der Waals surface area contributed by atoms with Crippen LogP contribution in [0, 0.1) is 5.92 Å². The van der Waals surface area contributed by atoms with E-state index in [0.29, 0.717) is 0 Å². The third-order valence-corrected chi connectivity index (χ3v) is 10.6. The van der Waals surface area contributed by atoms with Gasteiger partial charge in [-0.05, 0) is 103 Å². The van der Waals surface area contributed by atoms with Gasteiger partial charge in [-0.3, -0.25) is 0 Å². The number of benzene rings is 7. The van der Waals surface area contributed by atoms with Crippen molar-refractivity contribution in [3.63, 3.8) is 0 Å². The maximum Gasteiger partial charge on any atom is 0.147 e. The standard InChI is InChI=1S/C46H28O2/c1-2-11-29-25-30(18-17-27(29)9-1)42-33-13-5-7-15-35(33)43(36-16-8-6-14-34(36)42)31-20-22-39-38(26-31)45-41(47-39)24-21-37-44-32-12-4-3-10-28(32)19-23-40(44)48-46(37)45/h1-15,17-26,36H,16H2. The van der Waals surface area contributed by atoms with E-state index in [1.165, 1.54) is 59.8 Å². The lowest BCUT2D eigenvalue weighted by Crippen LogP contribution is -2.37. The average molecular weight is 613 g/mol. The highest BCUT2D eigenvalue weighted by Crippen LogP contribution is 2.44. The summed E-state index contributed by atoms with van der Waals surface area (Å²) in [5.74, 6) is 0.236. The van der Waals surface area contributed by atoms with Crippen LogP contribution in [0.3, 0.4) is 0 Å². The van der Waals surface area contributed by atoms with Crippen molar-refractivity contribution in [2.75, 3.05) is 0 Å². The molecule has 0 amide bonds. The van der Waals surface area contributed by atoms with Gasteiger partial charge in [0.1, 0.15) is 22.3 Å². The molecule has 7 aromatic carbocycles. The van der Waals surface area contributed by atoms with E-state index < -0.39 is 0 Å². The summed E-state index contributed by atoms with van der Waals surface area (Å²) in [6.45, 7) is 0. The molecule has 2 aliphatic carbocycles. The summed E-state index contributed by atoms with van der Waals surface area (Å²) in [6.07, 6.45) is 7.84. The Morgan fingerprint density at radius 3 is 2.17 bits per heavy atom. The van der Waals surface area contributed by atoms with Gasteiger partial charge in [0.05, 0.1) is 5.39 Å². The summed E-state index contributed by atoms with van der Waals surface area (Å²) in [7, 11) is 0. The zero-order valence-corrected chi connectivity index (χ0v) is 26.0. The first-order valence-corrected chi connectivity index (χ1v) is 16.7. The first-order chi connectivity index (χ1) is 23.8. The van der Waals surface area contributed by atoms with E-state index in [2.05, 4.69) is 152 Å². The molecular formula is C46H28O2. The van der Waals surface area contributed by atoms with E-state index in [-0.39, 0.29) is 5.92 Å². The van der Waals surface area contributed by atoms with Gasteiger partial charge in [-0.1, -0.05) is 115 Å². The van der Waals surface area contributed by atoms with E-state index in [1.807, 2.05) is 0 Å². The van der Waals surface area contributed by atoms with Crippen molar-refractivity contribution in [1.82, 2.24) is 0 Å². The number of hydrogen-bond acceptors (Lipinski definition) is 2. The van der Waals surface area contributed by atoms with Crippen molar-refractivity contribution in [2.45, 2.75) is 6.42 Å². The molecule has 11 rings (SSSR count). The topological polar surface area (TPSA) is 26.3 Å². The Labute approximate surface area is 275 Å². The molecule has 0 N–H and O–H groups in total. The summed E-state index contributed by atoms with van der Waals surface area (Å²) in [4.78, 5) is 0. The van der Waals surface area contributed by atoms with Gasteiger partial charge in [0.25, 0.3) is 0 Å². The molecule has 0 saturated carbocycles. The summed E-state index contributed by atoms with van der Waals surface area (Å²) >= 11 is 0. The smallest absolute Gasteiger partial charge is 0.147 e. The molecule has 0 aliphatic heterocycles. The zero-order chi connectivity index (χ0) is 31.3. The number of hydrogen-bond donors (Lipinski definition) is 0. The van der Waals surface area contributed by atoms with Crippen LogP contribution >= 0.6 is 0 Å². The Bertz CT molecular complexity index is 3040. The molecule has 0 radical (unpaired) electrons. The van der Waals surface area contributed by atoms with Crippen molar-refractivity contribution in [1.29, 1.82) is 0 Å². The van der Waals surface area contributed by atoms with E-state index in [1.54, 1.807) is 0 Å². The molecule has 2 nitrogen and oxygen atoms in total. The van der Waals surface area contributed by atoms with E-state index in [0.717, 1.165) is 50.3 Å². The summed E-state index contributed by atoms with van der Waals surface area (Å²) < 4.78 is 13.1. The molecule has 48 heavy (non-hydrogen) atoms. The van der Waals surface area contributed by atoms with Gasteiger partial charge in [-0.2, -0.15) is 0 Å². The molecule has 1 atom stereocenters. The second-order valence-electron chi connectivity index (χ2n) is 13.1. The molecule has 0 bridgehead atoms. The van der Waals surface area contributed by atoms with Crippen molar-refractivity contribution < 1.29 is 8.83 Å². The second-order valence-corrected chi connectivity index (χ2v) is 13.1. The lowest BCUT2D eigenvalue weighted by Gasteiger charge is -2.31. The Kier molecular flexibility index (Phi) is 5.25. The van der Waals surface area contributed by atoms with Gasteiger partial charge in [0.2, 0.25) is 0 Å². The van der Waals surface area contributed by atoms with Gasteiger partial charge < -0.3 is 8.83 Å². The normalized spacial score (nSPS) is 16.0. The second kappa shape index (κ2) is 9.70. The fourth-order valence-electron chi connectivity index (χ4n) is 8.50. The third kappa shape index (κ3) is 3.57. The van der Waals surface area contributed by atoms with Crippen LogP contribution in [0.25, 0.3) is 76.6 Å². The molecule has 0 saturated heterocycles. The number of fused-ring (bicyclic) bond motifs is 12. The van der Waals surface area contributed by atoms with Crippen molar-refractivity contribution >= 4 is 76.6 Å². The minimum absolute atomic E-state index is 0.236. The van der Waals surface area contributed by atoms with Crippen LogP contribution in [-0.2, 0) is 0 Å². The molecule has 0 fully saturated rings. The van der Waals surface area contributed by atoms with E-state index >= 15 is 0 Å². The summed E-state index contributed by atoms with van der Waals surface area (Å²) in [6, 6.07) is 48.3. The Morgan fingerprint density at radius 1 is 0.500 bits per heavy atom. The van der Waals surface area contributed by atoms with Gasteiger partial charge in [-0.15, -0.1) is 0 Å². The fraction of sp³-hybridized carbons (Fsp3) is 0.0435. The molecular weight excluding hydrogens is 585 g/mol. The molecule has 2 aromatic heterocycles. The monoisotopic (exact) mass is 612 g/mol. The van der Waals surface area contributed by atoms with Crippen LogP contribution in [0.1, 0.15) is 17.5 Å². The Hall–Kier alpha value is -6.12. The van der Waals surface area contributed by atoms with E-state index in [4.69, 9.17) is 8.83 Å². The third-order valence-electron chi connectivity index (χ3n) is 10.6. The zero-order valence-electron chi connectivity index (χ0n) is 26.0. The summed E-state index contributed by atoms with van der Waals surface area (Å²) in [5, 5.41) is 11.9. The summed E-state index contributed by atoms with van der Waals surface area (Å²) in [5.41, 5.74) is 10.1. The largest absolute Gasteiger partial charge is 0.456 e. The predicted octanol–water partition coefficient (Wildman–Crippen LogP) is 10.7. The van der Waals surface area contributed by atoms with Crippen molar-refractivity contribution in [3.05, 3.63) is 179 Å². The van der Waals surface area contributed by atoms with Crippen molar-refractivity contribution in [3.8, 4) is 0 Å². The molecule has 9 aromatic rings. The highest BCUT2D eigenvalue weighted by atomic mass is 16.3. The molecule has 224 valence electrons. The Balaban J connectivity index is 1.21. The average Bonchev–Trinajstić information content (AvgIpc) is 3.72. The lowest BCUT2D eigenvalue weighted by atomic mass is 9.72. The van der Waals surface area contributed by atoms with Crippen LogP contribution in [0.2, 0.25) is 0 Å². The lowest BCUT2D eigenvalue weighted by molar-refractivity contribution is 0.663. The molecule has 1 unspecified atom stereocenters. The van der Waals surface area contributed by atoms with Crippen LogP contribution in [0.4, 0.5) is 0 Å². The first kappa shape index (κ1) is 26.0. The van der Waals surface area contributed by atoms with Crippen LogP contribution < -0.4 is 10.4 Å². The minimum atomic E-state index is 0.236.